The average Bonchev–Trinajstić information content (AvgIpc) is 2.72. The molecule has 1 aliphatic rings. The lowest BCUT2D eigenvalue weighted by atomic mass is 9.72. The van der Waals surface area contributed by atoms with Gasteiger partial charge in [-0.05, 0) is 47.1 Å². The summed E-state index contributed by atoms with van der Waals surface area (Å²) in [5.74, 6) is 0.603. The Balaban J connectivity index is 1.43. The molecule has 0 saturated carbocycles. The van der Waals surface area contributed by atoms with Crippen molar-refractivity contribution in [1.82, 2.24) is 4.90 Å². The molecule has 176 valence electrons. The number of hydrogen-bond donors (Lipinski definition) is 1. The number of para-hydroxylation sites is 1. The first-order valence-electron chi connectivity index (χ1n) is 11.7. The van der Waals surface area contributed by atoms with Gasteiger partial charge in [-0.25, -0.2) is 4.39 Å². The van der Waals surface area contributed by atoms with Gasteiger partial charge in [0.2, 0.25) is 0 Å². The second kappa shape index (κ2) is 10.2. The van der Waals surface area contributed by atoms with Crippen LogP contribution in [0.4, 0.5) is 10.1 Å². The van der Waals surface area contributed by atoms with Crippen LogP contribution in [-0.4, -0.2) is 55.4 Å². The van der Waals surface area contributed by atoms with E-state index in [4.69, 9.17) is 4.74 Å². The first-order valence-corrected chi connectivity index (χ1v) is 11.7. The fourth-order valence-corrected chi connectivity index (χ4v) is 4.85. The lowest BCUT2D eigenvalue weighted by molar-refractivity contribution is 0.0662. The number of halogens is 1. The van der Waals surface area contributed by atoms with Gasteiger partial charge in [0, 0.05) is 32.7 Å². The summed E-state index contributed by atoms with van der Waals surface area (Å²) in [5, 5.41) is 10.5. The maximum absolute atomic E-state index is 14.0. The molecule has 1 atom stereocenters. The van der Waals surface area contributed by atoms with Gasteiger partial charge in [0.25, 0.3) is 0 Å². The molecule has 32 heavy (non-hydrogen) atoms. The summed E-state index contributed by atoms with van der Waals surface area (Å²) >= 11 is 0. The molecule has 1 fully saturated rings. The van der Waals surface area contributed by atoms with Crippen molar-refractivity contribution in [2.24, 2.45) is 5.41 Å². The van der Waals surface area contributed by atoms with Crippen molar-refractivity contribution in [3.8, 4) is 5.75 Å². The van der Waals surface area contributed by atoms with Crippen molar-refractivity contribution < 1.29 is 14.2 Å². The highest BCUT2D eigenvalue weighted by atomic mass is 19.1. The van der Waals surface area contributed by atoms with Crippen molar-refractivity contribution >= 4 is 5.69 Å². The van der Waals surface area contributed by atoms with E-state index in [0.717, 1.165) is 38.3 Å². The monoisotopic (exact) mass is 442 g/mol. The molecule has 3 rings (SSSR count). The van der Waals surface area contributed by atoms with Gasteiger partial charge in [-0.1, -0.05) is 58.9 Å². The molecule has 0 aromatic heterocycles. The van der Waals surface area contributed by atoms with Crippen molar-refractivity contribution in [1.29, 1.82) is 0 Å². The van der Waals surface area contributed by atoms with E-state index in [1.165, 1.54) is 11.6 Å². The number of rotatable bonds is 8. The molecule has 1 aliphatic heterocycles. The average molecular weight is 443 g/mol. The number of benzene rings is 2. The van der Waals surface area contributed by atoms with Gasteiger partial charge in [0.15, 0.2) is 0 Å². The Morgan fingerprint density at radius 2 is 1.56 bits per heavy atom. The van der Waals surface area contributed by atoms with Crippen molar-refractivity contribution in [3.63, 3.8) is 0 Å². The van der Waals surface area contributed by atoms with Gasteiger partial charge in [-0.15, -0.1) is 0 Å². The molecule has 0 bridgehead atoms. The summed E-state index contributed by atoms with van der Waals surface area (Å²) in [4.78, 5) is 4.28. The summed E-state index contributed by atoms with van der Waals surface area (Å²) in [6, 6.07) is 15.2. The van der Waals surface area contributed by atoms with Crippen LogP contribution < -0.4 is 9.64 Å². The van der Waals surface area contributed by atoms with Gasteiger partial charge >= 0.3 is 0 Å². The Kier molecular flexibility index (Phi) is 7.84. The fraction of sp³-hybridized carbons (Fsp3) is 0.556. The van der Waals surface area contributed by atoms with Crippen LogP contribution in [0.2, 0.25) is 0 Å². The number of anilines is 1. The Bertz CT molecular complexity index is 853. The van der Waals surface area contributed by atoms with E-state index in [9.17, 15) is 9.50 Å². The zero-order valence-electron chi connectivity index (χ0n) is 20.3. The smallest absolute Gasteiger partial charge is 0.146 e. The molecular weight excluding hydrogens is 403 g/mol. The second-order valence-corrected chi connectivity index (χ2v) is 10.8. The molecule has 0 amide bonds. The molecule has 0 unspecified atom stereocenters. The van der Waals surface area contributed by atoms with E-state index in [2.05, 4.69) is 56.6 Å². The van der Waals surface area contributed by atoms with Crippen LogP contribution in [-0.2, 0) is 5.41 Å². The van der Waals surface area contributed by atoms with Crippen LogP contribution in [0, 0.1) is 11.2 Å². The van der Waals surface area contributed by atoms with E-state index >= 15 is 0 Å². The van der Waals surface area contributed by atoms with Crippen LogP contribution >= 0.6 is 0 Å². The van der Waals surface area contributed by atoms with E-state index in [1.54, 1.807) is 6.07 Å². The van der Waals surface area contributed by atoms with E-state index < -0.39 is 6.10 Å². The quantitative estimate of drug-likeness (QED) is 0.617. The molecular formula is C27H39FN2O2. The minimum absolute atomic E-state index is 0.0983. The lowest BCUT2D eigenvalue weighted by Gasteiger charge is -2.37. The number of piperazine rings is 1. The molecule has 0 aliphatic carbocycles. The maximum Gasteiger partial charge on any atom is 0.146 e. The standard InChI is InChI=1S/C27H39FN2O2/c1-26(2,3)20-27(4,5)21-10-12-23(13-11-21)32-19-22(31)18-29-14-16-30(17-15-29)25-9-7-6-8-24(25)28/h6-13,22,31H,14-20H2,1-5H3/t22-/m0/s1. The number of hydrogen-bond acceptors (Lipinski definition) is 4. The summed E-state index contributed by atoms with van der Waals surface area (Å²) in [6.07, 6.45) is 0.537. The molecule has 4 nitrogen and oxygen atoms in total. The summed E-state index contributed by atoms with van der Waals surface area (Å²) in [5.41, 5.74) is 2.32. The number of aliphatic hydroxyl groups excluding tert-OH is 1. The van der Waals surface area contributed by atoms with Gasteiger partial charge in [-0.3, -0.25) is 4.90 Å². The highest BCUT2D eigenvalue weighted by Gasteiger charge is 2.27. The molecule has 0 spiro atoms. The van der Waals surface area contributed by atoms with Crippen LogP contribution in [0.3, 0.4) is 0 Å². The number of nitrogens with zero attached hydrogens (tertiary/aromatic N) is 2. The van der Waals surface area contributed by atoms with E-state index in [0.29, 0.717) is 12.2 Å². The largest absolute Gasteiger partial charge is 0.491 e. The van der Waals surface area contributed by atoms with Gasteiger partial charge in [0.1, 0.15) is 24.3 Å². The molecule has 2 aromatic carbocycles. The van der Waals surface area contributed by atoms with Crippen molar-refractivity contribution in [3.05, 3.63) is 59.9 Å². The van der Waals surface area contributed by atoms with Crippen LogP contribution in [0.1, 0.15) is 46.6 Å². The highest BCUT2D eigenvalue weighted by molar-refractivity contribution is 5.48. The zero-order valence-corrected chi connectivity index (χ0v) is 20.3. The van der Waals surface area contributed by atoms with E-state index in [1.807, 2.05) is 24.3 Å². The Labute approximate surface area is 193 Å². The zero-order chi connectivity index (χ0) is 23.4. The third kappa shape index (κ3) is 6.94. The molecule has 1 N–H and O–H groups in total. The van der Waals surface area contributed by atoms with Gasteiger partial charge in [-0.2, -0.15) is 0 Å². The SMILES string of the molecule is CC(C)(C)CC(C)(C)c1ccc(OC[C@@H](O)CN2CCN(c3ccccc3F)CC2)cc1. The van der Waals surface area contributed by atoms with Gasteiger partial charge in [0.05, 0.1) is 5.69 Å². The first kappa shape index (κ1) is 24.5. The molecule has 1 saturated heterocycles. The van der Waals surface area contributed by atoms with E-state index in [-0.39, 0.29) is 23.3 Å². The Morgan fingerprint density at radius 1 is 0.938 bits per heavy atom. The number of β-amino-alcohol motifs (C(OH)–C–C–N with tert-alkyl or cyclic N) is 1. The Hall–Kier alpha value is -2.11. The molecule has 1 heterocycles. The Morgan fingerprint density at radius 3 is 2.16 bits per heavy atom. The highest BCUT2D eigenvalue weighted by Crippen LogP contribution is 2.36. The second-order valence-electron chi connectivity index (χ2n) is 10.8. The normalized spacial score (nSPS) is 16.8. The minimum Gasteiger partial charge on any atom is -0.491 e. The number of ether oxygens (including phenoxy) is 1. The molecule has 5 heteroatoms. The van der Waals surface area contributed by atoms with Crippen LogP contribution in [0.5, 0.6) is 5.75 Å². The van der Waals surface area contributed by atoms with Crippen LogP contribution in [0.25, 0.3) is 0 Å². The first-order chi connectivity index (χ1) is 15.0. The third-order valence-corrected chi connectivity index (χ3v) is 6.08. The summed E-state index contributed by atoms with van der Waals surface area (Å²) in [6.45, 7) is 15.3. The minimum atomic E-state index is -0.563. The molecule has 2 aromatic rings. The lowest BCUT2D eigenvalue weighted by Crippen LogP contribution is -2.49. The van der Waals surface area contributed by atoms with Crippen LogP contribution in [0.15, 0.2) is 48.5 Å². The topological polar surface area (TPSA) is 35.9 Å². The summed E-state index contributed by atoms with van der Waals surface area (Å²) in [7, 11) is 0. The fourth-order valence-electron chi connectivity index (χ4n) is 4.85. The number of aliphatic hydroxyl groups is 1. The predicted octanol–water partition coefficient (Wildman–Crippen LogP) is 5.10. The van der Waals surface area contributed by atoms with Crippen molar-refractivity contribution in [2.45, 2.75) is 52.6 Å². The maximum atomic E-state index is 14.0. The molecule has 0 radical (unpaired) electrons. The summed E-state index contributed by atoms with van der Waals surface area (Å²) < 4.78 is 19.8. The van der Waals surface area contributed by atoms with Gasteiger partial charge < -0.3 is 14.7 Å². The third-order valence-electron chi connectivity index (χ3n) is 6.08. The van der Waals surface area contributed by atoms with Crippen molar-refractivity contribution in [2.75, 3.05) is 44.2 Å². The predicted molar refractivity (Wildman–Crippen MR) is 130 cm³/mol.